The molecule has 39 heavy (non-hydrogen) atoms. The van der Waals surface area contributed by atoms with Gasteiger partial charge in [-0.2, -0.15) is 0 Å². The van der Waals surface area contributed by atoms with Gasteiger partial charge in [-0.1, -0.05) is 53.5 Å². The van der Waals surface area contributed by atoms with Crippen LogP contribution in [0.25, 0.3) is 0 Å². The first kappa shape index (κ1) is 28.4. The van der Waals surface area contributed by atoms with Gasteiger partial charge in [-0.25, -0.2) is 13.2 Å². The second-order valence-electron chi connectivity index (χ2n) is 8.96. The lowest BCUT2D eigenvalue weighted by Gasteiger charge is -2.25. The van der Waals surface area contributed by atoms with Gasteiger partial charge in [0, 0.05) is 29.0 Å². The number of Topliss-reactive ketones (excluding diaryl/α,β-unsaturated/α-hetero) is 1. The number of hydrogen-bond acceptors (Lipinski definition) is 5. The van der Waals surface area contributed by atoms with E-state index < -0.39 is 22.6 Å². The minimum absolute atomic E-state index is 0.0140. The van der Waals surface area contributed by atoms with Crippen molar-refractivity contribution < 1.29 is 22.7 Å². The molecule has 1 aromatic heterocycles. The van der Waals surface area contributed by atoms with Crippen molar-refractivity contribution in [2.24, 2.45) is 7.05 Å². The molecule has 0 aliphatic heterocycles. The Bertz CT molecular complexity index is 1630. The molecule has 0 atom stereocenters. The minimum Gasteiger partial charge on any atom is -0.454 e. The number of sulfonamides is 1. The van der Waals surface area contributed by atoms with E-state index in [1.807, 2.05) is 36.7 Å². The Hall–Kier alpha value is -3.59. The maximum atomic E-state index is 13.9. The lowest BCUT2D eigenvalue weighted by Crippen LogP contribution is -2.31. The van der Waals surface area contributed by atoms with E-state index in [0.29, 0.717) is 16.3 Å². The molecule has 3 aromatic carbocycles. The summed E-state index contributed by atoms with van der Waals surface area (Å²) in [6, 6.07) is 21.0. The number of aryl methyl sites for hydroxylation is 1. The Morgan fingerprint density at radius 3 is 2.21 bits per heavy atom. The third-order valence-electron chi connectivity index (χ3n) is 6.43. The summed E-state index contributed by atoms with van der Waals surface area (Å²) in [5.41, 5.74) is 3.17. The highest BCUT2D eigenvalue weighted by Gasteiger charge is 2.29. The molecule has 202 valence electrons. The molecule has 0 aliphatic rings. The number of nitrogens with zero attached hydrogens (tertiary/aromatic N) is 2. The Morgan fingerprint density at radius 2 is 1.59 bits per heavy atom. The summed E-state index contributed by atoms with van der Waals surface area (Å²) < 4.78 is 36.2. The van der Waals surface area contributed by atoms with E-state index in [9.17, 15) is 18.0 Å². The lowest BCUT2D eigenvalue weighted by molar-refractivity contribution is 0.0474. The number of rotatable bonds is 9. The molecule has 0 N–H and O–H groups in total. The monoisotopic (exact) mass is 584 g/mol. The smallest absolute Gasteiger partial charge is 0.338 e. The third-order valence-corrected chi connectivity index (χ3v) is 8.94. The zero-order valence-corrected chi connectivity index (χ0v) is 23.8. The van der Waals surface area contributed by atoms with Crippen molar-refractivity contribution in [3.63, 3.8) is 0 Å². The van der Waals surface area contributed by atoms with E-state index in [0.717, 1.165) is 23.0 Å². The largest absolute Gasteiger partial charge is 0.454 e. The van der Waals surface area contributed by atoms with Crippen LogP contribution in [0.3, 0.4) is 0 Å². The average Bonchev–Trinajstić information content (AvgIpc) is 3.18. The zero-order valence-electron chi connectivity index (χ0n) is 21.5. The van der Waals surface area contributed by atoms with Crippen molar-refractivity contribution in [1.82, 2.24) is 4.57 Å². The summed E-state index contributed by atoms with van der Waals surface area (Å²) in [5.74, 6) is -1.20. The Balaban J connectivity index is 1.63. The summed E-state index contributed by atoms with van der Waals surface area (Å²) in [7, 11) is -2.41. The van der Waals surface area contributed by atoms with E-state index >= 15 is 0 Å². The second kappa shape index (κ2) is 11.7. The highest BCUT2D eigenvalue weighted by Crippen LogP contribution is 2.32. The Kier molecular flexibility index (Phi) is 8.49. The molecule has 10 heteroatoms. The van der Waals surface area contributed by atoms with Crippen LogP contribution < -0.4 is 4.31 Å². The molecular weight excluding hydrogens is 559 g/mol. The summed E-state index contributed by atoms with van der Waals surface area (Å²) in [6.07, 6.45) is 0. The number of hydrogen-bond donors (Lipinski definition) is 0. The van der Waals surface area contributed by atoms with Crippen LogP contribution in [0.1, 0.15) is 37.7 Å². The number of carbonyl (C=O) groups is 2. The average molecular weight is 586 g/mol. The number of ketones is 1. The highest BCUT2D eigenvalue weighted by atomic mass is 35.5. The normalized spacial score (nSPS) is 11.3. The standard InChI is InChI=1S/C29H26Cl2N2O5S/c1-19-15-25(20(2)32(19)3)27(34)18-38-29(35)22-9-14-26(31)28(16-22)39(36,37)33(17-21-7-5-4-6-8-21)24-12-10-23(30)11-13-24/h4-16H,17-18H2,1-3H3. The Labute approximate surface area is 237 Å². The summed E-state index contributed by atoms with van der Waals surface area (Å²) >= 11 is 12.4. The predicted octanol–water partition coefficient (Wildman–Crippen LogP) is 6.38. The number of anilines is 1. The van der Waals surface area contributed by atoms with E-state index in [2.05, 4.69) is 0 Å². The van der Waals surface area contributed by atoms with Gasteiger partial charge in [0.05, 0.1) is 22.8 Å². The van der Waals surface area contributed by atoms with Crippen LogP contribution in [0.2, 0.25) is 10.0 Å². The fraction of sp³-hybridized carbons (Fsp3) is 0.172. The molecule has 0 amide bonds. The third kappa shape index (κ3) is 6.19. The molecule has 0 radical (unpaired) electrons. The van der Waals surface area contributed by atoms with Gasteiger partial charge >= 0.3 is 5.97 Å². The molecule has 0 unspecified atom stereocenters. The Morgan fingerprint density at radius 1 is 0.923 bits per heavy atom. The minimum atomic E-state index is -4.25. The molecule has 0 saturated heterocycles. The zero-order chi connectivity index (χ0) is 28.3. The van der Waals surface area contributed by atoms with E-state index in [1.54, 1.807) is 49.4 Å². The van der Waals surface area contributed by atoms with Crippen molar-refractivity contribution >= 4 is 50.7 Å². The molecule has 4 aromatic rings. The quantitative estimate of drug-likeness (QED) is 0.168. The topological polar surface area (TPSA) is 85.7 Å². The molecule has 0 saturated carbocycles. The number of benzene rings is 3. The van der Waals surface area contributed by atoms with Crippen molar-refractivity contribution in [2.75, 3.05) is 10.9 Å². The van der Waals surface area contributed by atoms with E-state index in [-0.39, 0.29) is 27.8 Å². The maximum Gasteiger partial charge on any atom is 0.338 e. The fourth-order valence-electron chi connectivity index (χ4n) is 4.05. The lowest BCUT2D eigenvalue weighted by atomic mass is 10.1. The van der Waals surface area contributed by atoms with Crippen molar-refractivity contribution in [1.29, 1.82) is 0 Å². The number of halogens is 2. The van der Waals surface area contributed by atoms with Crippen LogP contribution in [0.5, 0.6) is 0 Å². The molecular formula is C29H26Cl2N2O5S. The second-order valence-corrected chi connectivity index (χ2v) is 11.6. The molecule has 0 fully saturated rings. The summed E-state index contributed by atoms with van der Waals surface area (Å²) in [6.45, 7) is 3.20. The first-order chi connectivity index (χ1) is 18.5. The maximum absolute atomic E-state index is 13.9. The molecule has 1 heterocycles. The molecule has 7 nitrogen and oxygen atoms in total. The van der Waals surface area contributed by atoms with Crippen molar-refractivity contribution in [3.8, 4) is 0 Å². The fourth-order valence-corrected chi connectivity index (χ4v) is 6.13. The van der Waals surface area contributed by atoms with Gasteiger partial charge in [0.25, 0.3) is 10.0 Å². The van der Waals surface area contributed by atoms with Gasteiger partial charge in [0.2, 0.25) is 5.78 Å². The van der Waals surface area contributed by atoms with Gasteiger partial charge in [0.1, 0.15) is 4.90 Å². The SMILES string of the molecule is Cc1cc(C(=O)COC(=O)c2ccc(Cl)c(S(=O)(=O)N(Cc3ccccc3)c3ccc(Cl)cc3)c2)c(C)n1C. The first-order valence-corrected chi connectivity index (χ1v) is 14.1. The predicted molar refractivity (Wildman–Crippen MR) is 152 cm³/mol. The van der Waals surface area contributed by atoms with Gasteiger partial charge in [-0.3, -0.25) is 9.10 Å². The summed E-state index contributed by atoms with van der Waals surface area (Å²) in [5, 5.41) is 0.388. The van der Waals surface area contributed by atoms with Gasteiger partial charge in [-0.15, -0.1) is 0 Å². The van der Waals surface area contributed by atoms with Crippen LogP contribution in [-0.2, 0) is 28.4 Å². The van der Waals surface area contributed by atoms with Crippen LogP contribution in [0, 0.1) is 13.8 Å². The van der Waals surface area contributed by atoms with Gasteiger partial charge in [0.15, 0.2) is 6.61 Å². The van der Waals surface area contributed by atoms with Crippen LogP contribution in [0.4, 0.5) is 5.69 Å². The van der Waals surface area contributed by atoms with Gasteiger partial charge < -0.3 is 9.30 Å². The van der Waals surface area contributed by atoms with Crippen molar-refractivity contribution in [2.45, 2.75) is 25.3 Å². The molecule has 4 rings (SSSR count). The van der Waals surface area contributed by atoms with Crippen molar-refractivity contribution in [3.05, 3.63) is 117 Å². The number of esters is 1. The first-order valence-electron chi connectivity index (χ1n) is 11.9. The number of ether oxygens (including phenoxy) is 1. The number of aromatic nitrogens is 1. The van der Waals surface area contributed by atoms with Crippen LogP contribution in [-0.4, -0.2) is 31.3 Å². The van der Waals surface area contributed by atoms with E-state index in [4.69, 9.17) is 27.9 Å². The van der Waals surface area contributed by atoms with Crippen LogP contribution >= 0.6 is 23.2 Å². The molecule has 0 bridgehead atoms. The van der Waals surface area contributed by atoms with Gasteiger partial charge in [-0.05, 0) is 67.9 Å². The van der Waals surface area contributed by atoms with E-state index in [1.165, 1.54) is 16.4 Å². The molecule has 0 aliphatic carbocycles. The highest BCUT2D eigenvalue weighted by molar-refractivity contribution is 7.93. The summed E-state index contributed by atoms with van der Waals surface area (Å²) in [4.78, 5) is 25.2. The number of carbonyl (C=O) groups excluding carboxylic acids is 2. The van der Waals surface area contributed by atoms with Crippen LogP contribution in [0.15, 0.2) is 83.8 Å². The molecule has 0 spiro atoms.